The Bertz CT molecular complexity index is 1800. The van der Waals surface area contributed by atoms with Crippen molar-refractivity contribution >= 4 is 51.8 Å². The number of ether oxygens (including phenoxy) is 3. The van der Waals surface area contributed by atoms with E-state index in [-0.39, 0.29) is 40.7 Å². The van der Waals surface area contributed by atoms with Crippen LogP contribution in [0.5, 0.6) is 5.75 Å². The third kappa shape index (κ3) is 7.83. The quantitative estimate of drug-likeness (QED) is 0.184. The maximum absolute atomic E-state index is 16.2. The highest BCUT2D eigenvalue weighted by atomic mass is 35.5. The Morgan fingerprint density at radius 3 is 2.62 bits per heavy atom. The van der Waals surface area contributed by atoms with Crippen LogP contribution in [-0.2, 0) is 14.3 Å². The molecule has 5 heterocycles. The molecule has 1 aromatic carbocycles. The summed E-state index contributed by atoms with van der Waals surface area (Å²) in [6, 6.07) is 0.141. The Kier molecular flexibility index (Phi) is 12.3. The molecule has 2 aromatic rings. The summed E-state index contributed by atoms with van der Waals surface area (Å²) in [5.74, 6) is -0.860. The number of hydrogen-bond donors (Lipinski definition) is 4. The monoisotopic (exact) mass is 807 g/mol. The number of thioether (sulfide) groups is 1. The first-order valence-corrected chi connectivity index (χ1v) is 21.4. The Labute approximate surface area is 330 Å². The van der Waals surface area contributed by atoms with E-state index in [2.05, 4.69) is 17.6 Å². The zero-order chi connectivity index (χ0) is 39.3. The minimum Gasteiger partial charge on any atom is -0.492 e. The Morgan fingerprint density at radius 2 is 1.96 bits per heavy atom. The Balaban J connectivity index is 1.13. The number of alkyl halides is 1. The molecule has 7 rings (SSSR count). The summed E-state index contributed by atoms with van der Waals surface area (Å²) in [5.41, 5.74) is -1.34. The van der Waals surface area contributed by atoms with Crippen molar-refractivity contribution < 1.29 is 38.4 Å². The van der Waals surface area contributed by atoms with E-state index in [1.165, 1.54) is 19.4 Å². The third-order valence-corrected chi connectivity index (χ3v) is 13.4. The van der Waals surface area contributed by atoms with Gasteiger partial charge in [-0.05, 0) is 83.2 Å². The SMILES string of the molecule is CCCC1CC(C(=O)N[C@H](C(C)Cl)[C@H]2O[C@H](SC)[C@H](OC(=O)c3cn(C4CC4)c4c(OC)c(N5CC6CCCNC6C5)c(F)cc4c3=O)[C@@H](O)[C@H]2O)N(C)C1. The second-order valence-corrected chi connectivity index (χ2v) is 17.8. The van der Waals surface area contributed by atoms with Crippen molar-refractivity contribution in [1.29, 1.82) is 0 Å². The summed E-state index contributed by atoms with van der Waals surface area (Å²) in [6.07, 6.45) is 3.82. The maximum atomic E-state index is 16.2. The number of aliphatic hydroxyl groups excluding tert-OH is 2. The first-order valence-electron chi connectivity index (χ1n) is 19.7. The molecule has 1 saturated carbocycles. The number of anilines is 1. The molecule has 16 heteroatoms. The van der Waals surface area contributed by atoms with Crippen LogP contribution < -0.4 is 25.7 Å². The summed E-state index contributed by atoms with van der Waals surface area (Å²) in [4.78, 5) is 45.6. The molecule has 0 spiro atoms. The zero-order valence-electron chi connectivity index (χ0n) is 32.2. The number of aliphatic hydroxyl groups is 2. The van der Waals surface area contributed by atoms with Crippen LogP contribution in [0.2, 0.25) is 0 Å². The number of pyridine rings is 1. The van der Waals surface area contributed by atoms with Crippen LogP contribution >= 0.6 is 23.4 Å². The van der Waals surface area contributed by atoms with Crippen molar-refractivity contribution in [3.63, 3.8) is 0 Å². The molecular weight excluding hydrogens is 753 g/mol. The van der Waals surface area contributed by atoms with Gasteiger partial charge < -0.3 is 44.5 Å². The lowest BCUT2D eigenvalue weighted by molar-refractivity contribution is -0.205. The molecule has 5 aliphatic rings. The number of piperidine rings is 1. The topological polar surface area (TPSA) is 155 Å². The lowest BCUT2D eigenvalue weighted by Crippen LogP contribution is -2.65. The van der Waals surface area contributed by atoms with Gasteiger partial charge in [-0.15, -0.1) is 23.4 Å². The number of methoxy groups -OCH3 is 1. The number of benzene rings is 1. The van der Waals surface area contributed by atoms with E-state index in [0.717, 1.165) is 63.4 Å². The van der Waals surface area contributed by atoms with Gasteiger partial charge in [-0.3, -0.25) is 14.5 Å². The fraction of sp³-hybridized carbons (Fsp3) is 0.718. The molecule has 13 nitrogen and oxygen atoms in total. The normalized spacial score (nSPS) is 32.3. The number of carbonyl (C=O) groups excluding carboxylic acids is 2. The van der Waals surface area contributed by atoms with Gasteiger partial charge >= 0.3 is 5.97 Å². The number of likely N-dealkylation sites (N-methyl/N-ethyl adjacent to an activating group) is 1. The molecule has 0 radical (unpaired) electrons. The smallest absolute Gasteiger partial charge is 0.344 e. The number of amides is 1. The van der Waals surface area contributed by atoms with E-state index in [1.54, 1.807) is 13.2 Å². The molecule has 11 atom stereocenters. The number of rotatable bonds is 12. The third-order valence-electron chi connectivity index (χ3n) is 12.3. The average molecular weight is 808 g/mol. The van der Waals surface area contributed by atoms with E-state index in [0.29, 0.717) is 42.6 Å². The fourth-order valence-electron chi connectivity index (χ4n) is 9.36. The van der Waals surface area contributed by atoms with Crippen LogP contribution in [0.4, 0.5) is 10.1 Å². The number of nitrogens with one attached hydrogen (secondary N) is 2. The van der Waals surface area contributed by atoms with E-state index >= 15 is 4.39 Å². The Hall–Kier alpha value is -2.66. The van der Waals surface area contributed by atoms with Gasteiger partial charge in [0.1, 0.15) is 35.0 Å². The maximum Gasteiger partial charge on any atom is 0.344 e. The van der Waals surface area contributed by atoms with Crippen LogP contribution in [0.25, 0.3) is 10.9 Å². The fourth-order valence-corrected chi connectivity index (χ4v) is 10.3. The van der Waals surface area contributed by atoms with Gasteiger partial charge in [0.25, 0.3) is 0 Å². The van der Waals surface area contributed by atoms with Crippen molar-refractivity contribution in [1.82, 2.24) is 20.1 Å². The molecule has 304 valence electrons. The van der Waals surface area contributed by atoms with Crippen LogP contribution in [-0.4, -0.2) is 132 Å². The number of aromatic nitrogens is 1. The number of esters is 1. The van der Waals surface area contributed by atoms with Gasteiger partial charge in [0.15, 0.2) is 17.7 Å². The average Bonchev–Trinajstić information content (AvgIpc) is 3.81. The minimum atomic E-state index is -1.65. The predicted octanol–water partition coefficient (Wildman–Crippen LogP) is 3.24. The summed E-state index contributed by atoms with van der Waals surface area (Å²) >= 11 is 7.73. The standard InChI is InChI=1S/C39H55ClFN5O8S/c1-6-8-20-13-27(44(3)15-20)37(50)43-28(19(2)40)34-32(48)33(49)36(39(54-34)55-5)53-38(51)24-17-46(22-10-11-22)29-23(31(24)47)14-25(41)30(35(29)52-4)45-16-21-9-7-12-42-26(21)18-45/h14,17,19-22,26-28,32-34,36,39,42,48-49H,6-13,15-16,18H2,1-5H3,(H,43,50)/t19?,20?,21?,26?,27?,28-,32-,33+,34-,36-,39-/m1/s1. The van der Waals surface area contributed by atoms with Crippen LogP contribution in [0.3, 0.4) is 0 Å². The molecule has 5 unspecified atom stereocenters. The van der Waals surface area contributed by atoms with Crippen molar-refractivity contribution in [3.8, 4) is 5.75 Å². The van der Waals surface area contributed by atoms with Gasteiger partial charge in [-0.2, -0.15) is 0 Å². The van der Waals surface area contributed by atoms with Crippen molar-refractivity contribution in [2.24, 2.45) is 11.8 Å². The summed E-state index contributed by atoms with van der Waals surface area (Å²) < 4.78 is 36.0. The van der Waals surface area contributed by atoms with Crippen LogP contribution in [0.1, 0.15) is 75.2 Å². The lowest BCUT2D eigenvalue weighted by Gasteiger charge is -2.45. The molecule has 4 N–H and O–H groups in total. The molecule has 0 bridgehead atoms. The van der Waals surface area contributed by atoms with E-state index < -0.39 is 58.5 Å². The first kappa shape index (κ1) is 40.5. The van der Waals surface area contributed by atoms with E-state index in [4.69, 9.17) is 25.8 Å². The van der Waals surface area contributed by atoms with Crippen LogP contribution in [0.15, 0.2) is 17.1 Å². The molecule has 1 aromatic heterocycles. The van der Waals surface area contributed by atoms with Crippen molar-refractivity contribution in [3.05, 3.63) is 33.9 Å². The Morgan fingerprint density at radius 1 is 1.20 bits per heavy atom. The number of nitrogens with zero attached hydrogens (tertiary/aromatic N) is 3. The van der Waals surface area contributed by atoms with E-state index in [9.17, 15) is 24.6 Å². The van der Waals surface area contributed by atoms with Crippen LogP contribution in [0, 0.1) is 17.7 Å². The minimum absolute atomic E-state index is 0.0141. The van der Waals surface area contributed by atoms with Gasteiger partial charge in [0, 0.05) is 37.9 Å². The van der Waals surface area contributed by atoms with E-state index in [1.807, 2.05) is 21.4 Å². The first-order chi connectivity index (χ1) is 26.4. The number of likely N-dealkylation sites (tertiary alicyclic amines) is 1. The van der Waals surface area contributed by atoms with Gasteiger partial charge in [0.05, 0.1) is 35.5 Å². The number of carbonyl (C=O) groups is 2. The second-order valence-electron chi connectivity index (χ2n) is 16.1. The van der Waals surface area contributed by atoms with Gasteiger partial charge in [-0.1, -0.05) is 13.3 Å². The largest absolute Gasteiger partial charge is 0.492 e. The number of hydrogen-bond acceptors (Lipinski definition) is 12. The molecule has 5 fully saturated rings. The molecule has 4 saturated heterocycles. The van der Waals surface area contributed by atoms with Crippen molar-refractivity contribution in [2.75, 3.05) is 51.5 Å². The zero-order valence-corrected chi connectivity index (χ0v) is 33.8. The molecule has 55 heavy (non-hydrogen) atoms. The summed E-state index contributed by atoms with van der Waals surface area (Å²) in [7, 11) is 3.37. The number of halogens is 2. The van der Waals surface area contributed by atoms with Crippen molar-refractivity contribution in [2.45, 2.75) is 118 Å². The van der Waals surface area contributed by atoms with Gasteiger partial charge in [-0.25, -0.2) is 9.18 Å². The number of fused-ring (bicyclic) bond motifs is 2. The molecule has 1 aliphatic carbocycles. The highest BCUT2D eigenvalue weighted by Gasteiger charge is 2.51. The molecular formula is C39H55ClFN5O8S. The molecule has 1 amide bonds. The highest BCUT2D eigenvalue weighted by molar-refractivity contribution is 7.99. The summed E-state index contributed by atoms with van der Waals surface area (Å²) in [5, 5.41) is 28.7. The summed E-state index contributed by atoms with van der Waals surface area (Å²) in [6.45, 7) is 6.81. The van der Waals surface area contributed by atoms with Gasteiger partial charge in [0.2, 0.25) is 11.3 Å². The molecule has 4 aliphatic heterocycles. The predicted molar refractivity (Wildman–Crippen MR) is 210 cm³/mol. The highest BCUT2D eigenvalue weighted by Crippen LogP contribution is 2.45. The lowest BCUT2D eigenvalue weighted by atomic mass is 9.92. The second kappa shape index (κ2) is 16.7.